The van der Waals surface area contributed by atoms with Crippen molar-refractivity contribution in [2.45, 2.75) is 32.1 Å². The maximum atomic E-state index is 13.4. The summed E-state index contributed by atoms with van der Waals surface area (Å²) in [6, 6.07) is 3.15. The molecule has 1 atom stereocenters. The van der Waals surface area contributed by atoms with E-state index in [1.807, 2.05) is 6.92 Å². The molecule has 4 heteroatoms. The standard InChI is InChI=1S/C12H14F2O2/c1-2-3-8(6-12(15)16)10-7-9(13)4-5-11(10)14/h4-5,7-8H,2-3,6H2,1H3,(H,15,16). The second kappa shape index (κ2) is 5.58. The highest BCUT2D eigenvalue weighted by atomic mass is 19.1. The van der Waals surface area contributed by atoms with Gasteiger partial charge in [0.15, 0.2) is 0 Å². The minimum atomic E-state index is -0.998. The van der Waals surface area contributed by atoms with Crippen molar-refractivity contribution in [1.29, 1.82) is 0 Å². The number of carboxylic acids is 1. The molecule has 0 aliphatic rings. The van der Waals surface area contributed by atoms with Crippen molar-refractivity contribution in [3.8, 4) is 0 Å². The topological polar surface area (TPSA) is 37.3 Å². The van der Waals surface area contributed by atoms with Gasteiger partial charge in [0.2, 0.25) is 0 Å². The van der Waals surface area contributed by atoms with E-state index in [0.717, 1.165) is 24.6 Å². The molecule has 1 aromatic carbocycles. The molecule has 0 saturated heterocycles. The first-order valence-corrected chi connectivity index (χ1v) is 5.21. The van der Waals surface area contributed by atoms with Gasteiger partial charge >= 0.3 is 5.97 Å². The Morgan fingerprint density at radius 2 is 2.12 bits per heavy atom. The lowest BCUT2D eigenvalue weighted by molar-refractivity contribution is -0.137. The van der Waals surface area contributed by atoms with E-state index in [-0.39, 0.29) is 12.0 Å². The monoisotopic (exact) mass is 228 g/mol. The average Bonchev–Trinajstić information content (AvgIpc) is 2.20. The third-order valence-corrected chi connectivity index (χ3v) is 2.46. The van der Waals surface area contributed by atoms with Gasteiger partial charge in [0.1, 0.15) is 11.6 Å². The molecule has 0 saturated carbocycles. The molecule has 0 heterocycles. The molecule has 1 rings (SSSR count). The molecular weight excluding hydrogens is 214 g/mol. The zero-order valence-electron chi connectivity index (χ0n) is 9.04. The van der Waals surface area contributed by atoms with Crippen LogP contribution in [-0.4, -0.2) is 11.1 Å². The number of hydrogen-bond donors (Lipinski definition) is 1. The smallest absolute Gasteiger partial charge is 0.303 e. The van der Waals surface area contributed by atoms with Crippen molar-refractivity contribution in [3.05, 3.63) is 35.4 Å². The van der Waals surface area contributed by atoms with E-state index < -0.39 is 23.5 Å². The van der Waals surface area contributed by atoms with Crippen LogP contribution in [0.15, 0.2) is 18.2 Å². The Morgan fingerprint density at radius 1 is 1.44 bits per heavy atom. The van der Waals surface area contributed by atoms with Gasteiger partial charge < -0.3 is 5.11 Å². The molecule has 0 aliphatic heterocycles. The van der Waals surface area contributed by atoms with E-state index in [9.17, 15) is 13.6 Å². The number of hydrogen-bond acceptors (Lipinski definition) is 1. The number of carbonyl (C=O) groups is 1. The lowest BCUT2D eigenvalue weighted by Gasteiger charge is -2.15. The molecule has 1 aromatic rings. The highest BCUT2D eigenvalue weighted by Gasteiger charge is 2.18. The van der Waals surface area contributed by atoms with E-state index in [1.54, 1.807) is 0 Å². The van der Waals surface area contributed by atoms with Crippen LogP contribution in [0.4, 0.5) is 8.78 Å². The Kier molecular flexibility index (Phi) is 4.40. The van der Waals surface area contributed by atoms with E-state index in [1.165, 1.54) is 0 Å². The van der Waals surface area contributed by atoms with Crippen molar-refractivity contribution in [2.75, 3.05) is 0 Å². The minimum Gasteiger partial charge on any atom is -0.481 e. The summed E-state index contributed by atoms with van der Waals surface area (Å²) in [6.45, 7) is 1.88. The molecule has 0 spiro atoms. The highest BCUT2D eigenvalue weighted by Crippen LogP contribution is 2.27. The van der Waals surface area contributed by atoms with Crippen LogP contribution in [0.5, 0.6) is 0 Å². The van der Waals surface area contributed by atoms with E-state index in [0.29, 0.717) is 6.42 Å². The van der Waals surface area contributed by atoms with Gasteiger partial charge in [-0.3, -0.25) is 4.79 Å². The number of halogens is 2. The second-order valence-corrected chi connectivity index (χ2v) is 3.75. The normalized spacial score (nSPS) is 12.4. The van der Waals surface area contributed by atoms with Crippen LogP contribution >= 0.6 is 0 Å². The maximum absolute atomic E-state index is 13.4. The number of aliphatic carboxylic acids is 1. The maximum Gasteiger partial charge on any atom is 0.303 e. The third kappa shape index (κ3) is 3.29. The van der Waals surface area contributed by atoms with Crippen LogP contribution < -0.4 is 0 Å². The van der Waals surface area contributed by atoms with Gasteiger partial charge in [-0.1, -0.05) is 13.3 Å². The third-order valence-electron chi connectivity index (χ3n) is 2.46. The predicted molar refractivity (Wildman–Crippen MR) is 56.3 cm³/mol. The van der Waals surface area contributed by atoms with Gasteiger partial charge in [-0.15, -0.1) is 0 Å². The van der Waals surface area contributed by atoms with Gasteiger partial charge in [0.05, 0.1) is 6.42 Å². The summed E-state index contributed by atoms with van der Waals surface area (Å²) in [5.41, 5.74) is 0.157. The first kappa shape index (κ1) is 12.6. The van der Waals surface area contributed by atoms with Crippen LogP contribution in [0.25, 0.3) is 0 Å². The van der Waals surface area contributed by atoms with Gasteiger partial charge in [-0.25, -0.2) is 8.78 Å². The SMILES string of the molecule is CCCC(CC(=O)O)c1cc(F)ccc1F. The van der Waals surface area contributed by atoms with Crippen molar-refractivity contribution in [1.82, 2.24) is 0 Å². The Bertz CT molecular complexity index is 377. The average molecular weight is 228 g/mol. The Hall–Kier alpha value is -1.45. The first-order chi connectivity index (χ1) is 7.54. The Balaban J connectivity index is 2.99. The number of carboxylic acid groups (broad SMARTS) is 1. The molecule has 16 heavy (non-hydrogen) atoms. The molecule has 0 radical (unpaired) electrons. The van der Waals surface area contributed by atoms with Crippen LogP contribution in [-0.2, 0) is 4.79 Å². The summed E-state index contributed by atoms with van der Waals surface area (Å²) in [5.74, 6) is -2.54. The van der Waals surface area contributed by atoms with Crippen molar-refractivity contribution in [3.63, 3.8) is 0 Å². The molecule has 0 aromatic heterocycles. The van der Waals surface area contributed by atoms with E-state index in [2.05, 4.69) is 0 Å². The van der Waals surface area contributed by atoms with Crippen molar-refractivity contribution < 1.29 is 18.7 Å². The Morgan fingerprint density at radius 3 is 2.69 bits per heavy atom. The van der Waals surface area contributed by atoms with Crippen LogP contribution in [0.2, 0.25) is 0 Å². The zero-order valence-corrected chi connectivity index (χ0v) is 9.04. The van der Waals surface area contributed by atoms with Crippen LogP contribution in [0, 0.1) is 11.6 Å². The summed E-state index contributed by atoms with van der Waals surface area (Å²) < 4.78 is 26.4. The molecular formula is C12H14F2O2. The fraction of sp³-hybridized carbons (Fsp3) is 0.417. The molecule has 0 fully saturated rings. The van der Waals surface area contributed by atoms with E-state index in [4.69, 9.17) is 5.11 Å². The second-order valence-electron chi connectivity index (χ2n) is 3.75. The van der Waals surface area contributed by atoms with Gasteiger partial charge in [-0.2, -0.15) is 0 Å². The summed E-state index contributed by atoms with van der Waals surface area (Å²) in [4.78, 5) is 10.6. The number of rotatable bonds is 5. The molecule has 2 nitrogen and oxygen atoms in total. The van der Waals surface area contributed by atoms with E-state index >= 15 is 0 Å². The van der Waals surface area contributed by atoms with Gasteiger partial charge in [-0.05, 0) is 36.1 Å². The van der Waals surface area contributed by atoms with Crippen molar-refractivity contribution in [2.24, 2.45) is 0 Å². The van der Waals surface area contributed by atoms with Crippen molar-refractivity contribution >= 4 is 5.97 Å². The molecule has 1 N–H and O–H groups in total. The summed E-state index contributed by atoms with van der Waals surface area (Å²) in [7, 11) is 0. The largest absolute Gasteiger partial charge is 0.481 e. The molecule has 1 unspecified atom stereocenters. The lowest BCUT2D eigenvalue weighted by Crippen LogP contribution is -2.08. The highest BCUT2D eigenvalue weighted by molar-refractivity contribution is 5.68. The lowest BCUT2D eigenvalue weighted by atomic mass is 9.91. The minimum absolute atomic E-state index is 0.157. The Labute approximate surface area is 92.9 Å². The van der Waals surface area contributed by atoms with Crippen LogP contribution in [0.1, 0.15) is 37.7 Å². The summed E-state index contributed by atoms with van der Waals surface area (Å²) in [6.07, 6.45) is 1.09. The molecule has 0 amide bonds. The zero-order chi connectivity index (χ0) is 12.1. The fourth-order valence-corrected chi connectivity index (χ4v) is 1.75. The molecule has 0 aliphatic carbocycles. The van der Waals surface area contributed by atoms with Crippen LogP contribution in [0.3, 0.4) is 0 Å². The summed E-state index contributed by atoms with van der Waals surface area (Å²) >= 11 is 0. The first-order valence-electron chi connectivity index (χ1n) is 5.21. The summed E-state index contributed by atoms with van der Waals surface area (Å²) in [5, 5.41) is 8.72. The predicted octanol–water partition coefficient (Wildman–Crippen LogP) is 3.32. The van der Waals surface area contributed by atoms with Gasteiger partial charge in [0, 0.05) is 0 Å². The fourth-order valence-electron chi connectivity index (χ4n) is 1.75. The molecule has 88 valence electrons. The quantitative estimate of drug-likeness (QED) is 0.839. The van der Waals surface area contributed by atoms with Gasteiger partial charge in [0.25, 0.3) is 0 Å². The molecule has 0 bridgehead atoms. The number of benzene rings is 1.